The van der Waals surface area contributed by atoms with Gasteiger partial charge in [-0.15, -0.1) is 0 Å². The Labute approximate surface area is 274 Å². The highest BCUT2D eigenvalue weighted by molar-refractivity contribution is 8.01. The molecule has 7 N–H and O–H groups in total. The van der Waals surface area contributed by atoms with E-state index < -0.39 is 58.0 Å². The highest BCUT2D eigenvalue weighted by Gasteiger charge is 2.64. The highest BCUT2D eigenvalue weighted by Crippen LogP contribution is 2.54. The van der Waals surface area contributed by atoms with Crippen molar-refractivity contribution < 1.29 is 34.8 Å². The minimum absolute atomic E-state index is 0.0495. The second-order valence-electron chi connectivity index (χ2n) is 14.7. The Morgan fingerprint density at radius 2 is 1.76 bits per heavy atom. The third-order valence-electron chi connectivity index (χ3n) is 10.1. The molecular formula is C34H48N4O7S. The quantitative estimate of drug-likeness (QED) is 0.187. The van der Waals surface area contributed by atoms with Crippen LogP contribution in [-0.4, -0.2) is 99.2 Å². The molecule has 4 aliphatic carbocycles. The third-order valence-corrected chi connectivity index (χ3v) is 11.7. The van der Waals surface area contributed by atoms with Crippen LogP contribution in [0, 0.1) is 17.8 Å². The summed E-state index contributed by atoms with van der Waals surface area (Å²) >= 11 is 1.99. The number of fused-ring (bicyclic) bond motifs is 3. The van der Waals surface area contributed by atoms with Crippen LogP contribution in [0.25, 0.3) is 5.76 Å². The van der Waals surface area contributed by atoms with Crippen molar-refractivity contribution in [2.45, 2.75) is 80.9 Å². The van der Waals surface area contributed by atoms with Gasteiger partial charge >= 0.3 is 0 Å². The summed E-state index contributed by atoms with van der Waals surface area (Å²) < 4.78 is 0.121. The predicted molar refractivity (Wildman–Crippen MR) is 180 cm³/mol. The molecule has 0 aliphatic heterocycles. The van der Waals surface area contributed by atoms with Gasteiger partial charge in [-0.2, -0.15) is 11.8 Å². The number of hydrogen-bond acceptors (Lipinski definition) is 11. The topological polar surface area (TPSA) is 177 Å². The molecule has 46 heavy (non-hydrogen) atoms. The second-order valence-corrected chi connectivity index (χ2v) is 16.8. The molecular weight excluding hydrogens is 608 g/mol. The lowest BCUT2D eigenvalue weighted by molar-refractivity contribution is -0.153. The van der Waals surface area contributed by atoms with Crippen molar-refractivity contribution in [1.29, 1.82) is 0 Å². The van der Waals surface area contributed by atoms with Crippen molar-refractivity contribution in [3.8, 4) is 5.75 Å². The van der Waals surface area contributed by atoms with Gasteiger partial charge in [0.1, 0.15) is 22.8 Å². The van der Waals surface area contributed by atoms with Crippen molar-refractivity contribution in [2.75, 3.05) is 45.0 Å². The molecule has 0 saturated heterocycles. The molecule has 1 aromatic rings. The van der Waals surface area contributed by atoms with Gasteiger partial charge in [-0.1, -0.05) is 33.6 Å². The van der Waals surface area contributed by atoms with Crippen LogP contribution >= 0.6 is 11.8 Å². The molecule has 0 radical (unpaired) electrons. The number of aromatic hydroxyl groups is 1. The lowest BCUT2D eigenvalue weighted by Gasteiger charge is -2.50. The van der Waals surface area contributed by atoms with E-state index >= 15 is 0 Å². The van der Waals surface area contributed by atoms with Crippen LogP contribution < -0.4 is 16.0 Å². The number of aliphatic hydroxyl groups is 3. The maximum Gasteiger partial charge on any atom is 0.255 e. The number of hydrogen-bond donors (Lipinski definition) is 6. The molecule has 0 aromatic heterocycles. The number of carbonyl (C=O) groups excluding carboxylic acids is 3. The maximum absolute atomic E-state index is 14.2. The van der Waals surface area contributed by atoms with Gasteiger partial charge in [-0.25, -0.2) is 0 Å². The summed E-state index contributed by atoms with van der Waals surface area (Å²) in [5.74, 6) is -6.18. The third kappa shape index (κ3) is 5.56. The van der Waals surface area contributed by atoms with Crippen LogP contribution in [0.3, 0.4) is 0 Å². The molecule has 5 rings (SSSR count). The summed E-state index contributed by atoms with van der Waals surface area (Å²) in [7, 11) is 6.90. The van der Waals surface area contributed by atoms with Gasteiger partial charge in [0.25, 0.3) is 5.91 Å². The Hall–Kier alpha value is -3.22. The van der Waals surface area contributed by atoms with Crippen molar-refractivity contribution >= 4 is 46.4 Å². The van der Waals surface area contributed by atoms with E-state index in [1.165, 1.54) is 11.3 Å². The predicted octanol–water partition coefficient (Wildman–Crippen LogP) is 3.53. The standard InChI is InChI=1S/C34H48N4O7S/c1-33(2,3)46-22-11-9-8-10-16(22)15-36-20-14-21(37(4)5)18-12-17-13-19-26(38(6)7)29(41)25(32(35)44)31(43)34(19,45)30(42)23(17)28(40)24(18)27(20)39/h14,16-17,19,22,26,36,39-40,43,45H,8-13,15H2,1-7H3,(H2,35,44)/t16?,17-,19-,22?,26-,34-/m0/s1. The van der Waals surface area contributed by atoms with E-state index in [4.69, 9.17) is 5.73 Å². The van der Waals surface area contributed by atoms with Crippen LogP contribution in [0.5, 0.6) is 5.75 Å². The number of anilines is 2. The molecule has 252 valence electrons. The number of benzene rings is 1. The number of rotatable bonds is 7. The molecule has 1 aromatic carbocycles. The molecule has 12 heteroatoms. The molecule has 2 saturated carbocycles. The van der Waals surface area contributed by atoms with Crippen molar-refractivity contribution in [1.82, 2.24) is 4.90 Å². The van der Waals surface area contributed by atoms with Gasteiger partial charge < -0.3 is 36.4 Å². The summed E-state index contributed by atoms with van der Waals surface area (Å²) in [5.41, 5.74) is 3.70. The van der Waals surface area contributed by atoms with E-state index in [0.29, 0.717) is 29.0 Å². The van der Waals surface area contributed by atoms with E-state index in [2.05, 4.69) is 26.1 Å². The number of primary amides is 1. The van der Waals surface area contributed by atoms with Crippen LogP contribution in [0.15, 0.2) is 23.0 Å². The van der Waals surface area contributed by atoms with E-state index in [0.717, 1.165) is 24.9 Å². The van der Waals surface area contributed by atoms with Crippen LogP contribution in [-0.2, 0) is 20.8 Å². The molecule has 6 atom stereocenters. The monoisotopic (exact) mass is 656 g/mol. The second kappa shape index (κ2) is 12.1. The largest absolute Gasteiger partial charge is 0.508 e. The molecule has 4 aliphatic rings. The molecule has 11 nitrogen and oxygen atoms in total. The van der Waals surface area contributed by atoms with Crippen LogP contribution in [0.4, 0.5) is 11.4 Å². The normalized spacial score (nSPS) is 29.8. The SMILES string of the molecule is CN(C)c1cc(NCC2CCCCC2SC(C)(C)C)c(O)c2c1C[C@H]1C[C@H]3[C@H](N(C)C)C(=O)C(C(N)=O)=C(O)[C@@]3(O)C(=O)C1=C2O. The van der Waals surface area contributed by atoms with E-state index in [-0.39, 0.29) is 34.5 Å². The number of thioether (sulfide) groups is 1. The molecule has 0 spiro atoms. The fraction of sp³-hybridized carbons (Fsp3) is 0.618. The first-order valence-electron chi connectivity index (χ1n) is 16.0. The highest BCUT2D eigenvalue weighted by atomic mass is 32.2. The van der Waals surface area contributed by atoms with Gasteiger partial charge in [0, 0.05) is 47.8 Å². The lowest BCUT2D eigenvalue weighted by atomic mass is 9.57. The summed E-state index contributed by atoms with van der Waals surface area (Å²) in [6.07, 6.45) is 4.83. The van der Waals surface area contributed by atoms with Crippen molar-refractivity contribution in [2.24, 2.45) is 23.5 Å². The Bertz CT molecular complexity index is 1530. The zero-order chi connectivity index (χ0) is 34.0. The van der Waals surface area contributed by atoms with Gasteiger partial charge in [-0.05, 0) is 63.2 Å². The van der Waals surface area contributed by atoms with Gasteiger partial charge in [0.2, 0.25) is 5.78 Å². The number of likely N-dealkylation sites (N-methyl/N-ethyl adjacent to an activating group) is 1. The van der Waals surface area contributed by atoms with Crippen LogP contribution in [0.2, 0.25) is 0 Å². The maximum atomic E-state index is 14.2. The summed E-state index contributed by atoms with van der Waals surface area (Å²) in [4.78, 5) is 43.2. The Kier molecular flexibility index (Phi) is 8.98. The van der Waals surface area contributed by atoms with E-state index in [1.807, 2.05) is 36.8 Å². The number of nitrogens with two attached hydrogens (primary N) is 1. The molecule has 0 bridgehead atoms. The number of ketones is 2. The smallest absolute Gasteiger partial charge is 0.255 e. The Morgan fingerprint density at radius 1 is 1.11 bits per heavy atom. The Morgan fingerprint density at radius 3 is 2.35 bits per heavy atom. The number of nitrogens with one attached hydrogen (secondary N) is 1. The summed E-state index contributed by atoms with van der Waals surface area (Å²) in [6, 6.07) is 0.744. The number of nitrogens with zero attached hydrogens (tertiary/aromatic N) is 2. The first kappa shape index (κ1) is 34.1. The summed E-state index contributed by atoms with van der Waals surface area (Å²) in [6.45, 7) is 7.29. The van der Waals surface area contributed by atoms with Gasteiger partial charge in [0.15, 0.2) is 11.4 Å². The molecule has 2 fully saturated rings. The Balaban J connectivity index is 1.59. The zero-order valence-corrected chi connectivity index (χ0v) is 28.6. The minimum atomic E-state index is -2.67. The average molecular weight is 657 g/mol. The lowest BCUT2D eigenvalue weighted by Crippen LogP contribution is -2.65. The number of Topliss-reactive ketones (excluding diaryl/α,β-unsaturated/α-hetero) is 2. The fourth-order valence-corrected chi connectivity index (χ4v) is 9.70. The van der Waals surface area contributed by atoms with E-state index in [1.54, 1.807) is 14.1 Å². The molecule has 1 amide bonds. The average Bonchev–Trinajstić information content (AvgIpc) is 2.94. The van der Waals surface area contributed by atoms with Gasteiger partial charge in [0.05, 0.1) is 17.3 Å². The number of aliphatic hydroxyl groups excluding tert-OH is 2. The number of phenolic OH excluding ortho intramolecular Hbond substituents is 1. The van der Waals surface area contributed by atoms with E-state index in [9.17, 15) is 34.8 Å². The van der Waals surface area contributed by atoms with Gasteiger partial charge in [-0.3, -0.25) is 19.3 Å². The van der Waals surface area contributed by atoms with Crippen LogP contribution in [0.1, 0.15) is 64.0 Å². The van der Waals surface area contributed by atoms with Crippen molar-refractivity contribution in [3.63, 3.8) is 0 Å². The zero-order valence-electron chi connectivity index (χ0n) is 27.8. The summed E-state index contributed by atoms with van der Waals surface area (Å²) in [5, 5.41) is 50.4. The van der Waals surface area contributed by atoms with Crippen molar-refractivity contribution in [3.05, 3.63) is 34.1 Å². The molecule has 0 heterocycles. The minimum Gasteiger partial charge on any atom is -0.508 e. The number of carbonyl (C=O) groups is 3. The number of amides is 1. The number of phenols is 1. The first-order valence-corrected chi connectivity index (χ1v) is 16.9. The molecule has 2 unspecified atom stereocenters. The fourth-order valence-electron chi connectivity index (χ4n) is 8.08. The first-order chi connectivity index (χ1) is 21.4.